The van der Waals surface area contributed by atoms with Gasteiger partial charge in [0.15, 0.2) is 4.96 Å². The van der Waals surface area contributed by atoms with Gasteiger partial charge in [-0.3, -0.25) is 4.40 Å². The third-order valence-corrected chi connectivity index (χ3v) is 7.10. The van der Waals surface area contributed by atoms with Gasteiger partial charge < -0.3 is 0 Å². The average molecular weight is 425 g/mol. The smallest absolute Gasteiger partial charge is 0.194 e. The van der Waals surface area contributed by atoms with Crippen molar-refractivity contribution in [2.45, 2.75) is 104 Å². The Bertz CT molecular complexity index is 812. The summed E-state index contributed by atoms with van der Waals surface area (Å²) in [7, 11) is 0. The van der Waals surface area contributed by atoms with E-state index in [-0.39, 0.29) is 0 Å². The van der Waals surface area contributed by atoms with Crippen LogP contribution in [-0.4, -0.2) is 9.38 Å². The lowest BCUT2D eigenvalue weighted by atomic mass is 10.0. The van der Waals surface area contributed by atoms with Gasteiger partial charge in [-0.05, 0) is 36.8 Å². The highest BCUT2D eigenvalue weighted by Gasteiger charge is 2.08. The number of unbranched alkanes of at least 4 members (excludes halogenated alkanes) is 10. The quantitative estimate of drug-likeness (QED) is 0.223. The highest BCUT2D eigenvalue weighted by Crippen LogP contribution is 2.29. The van der Waals surface area contributed by atoms with Gasteiger partial charge in [-0.15, -0.1) is 0 Å². The zero-order valence-corrected chi connectivity index (χ0v) is 20.0. The van der Waals surface area contributed by atoms with Crippen molar-refractivity contribution in [3.63, 3.8) is 0 Å². The Hall–Kier alpha value is -1.61. The molecule has 0 amide bonds. The number of benzene rings is 1. The molecule has 3 rings (SSSR count). The summed E-state index contributed by atoms with van der Waals surface area (Å²) in [4.78, 5) is 7.31. The van der Waals surface area contributed by atoms with Gasteiger partial charge in [-0.2, -0.15) is 0 Å². The fraction of sp³-hybridized carbons (Fsp3) is 0.593. The fourth-order valence-corrected chi connectivity index (χ4v) is 5.12. The molecule has 0 unspecified atom stereocenters. The summed E-state index contributed by atoms with van der Waals surface area (Å²) in [6.45, 7) is 4.55. The predicted molar refractivity (Wildman–Crippen MR) is 133 cm³/mol. The molecule has 30 heavy (non-hydrogen) atoms. The van der Waals surface area contributed by atoms with Crippen molar-refractivity contribution in [1.29, 1.82) is 0 Å². The maximum atomic E-state index is 4.87. The number of hydrogen-bond donors (Lipinski definition) is 0. The van der Waals surface area contributed by atoms with Gasteiger partial charge >= 0.3 is 0 Å². The molecule has 0 bridgehead atoms. The zero-order valence-electron chi connectivity index (χ0n) is 19.2. The Kier molecular flexibility index (Phi) is 9.95. The van der Waals surface area contributed by atoms with Crippen LogP contribution in [0.15, 0.2) is 36.7 Å². The van der Waals surface area contributed by atoms with E-state index >= 15 is 0 Å². The normalized spacial score (nSPS) is 11.5. The molecule has 0 fully saturated rings. The second-order valence-corrected chi connectivity index (χ2v) is 9.76. The Morgan fingerprint density at radius 1 is 0.700 bits per heavy atom. The number of fused-ring (bicyclic) bond motifs is 1. The Labute approximate surface area is 187 Å². The molecule has 3 aromatic rings. The first kappa shape index (κ1) is 23.1. The van der Waals surface area contributed by atoms with E-state index in [1.54, 1.807) is 0 Å². The van der Waals surface area contributed by atoms with Crippen molar-refractivity contribution in [3.05, 3.63) is 47.9 Å². The third kappa shape index (κ3) is 7.27. The summed E-state index contributed by atoms with van der Waals surface area (Å²) in [5, 5.41) is 0. The lowest BCUT2D eigenvalue weighted by molar-refractivity contribution is 0.588. The molecular formula is C27H40N2S. The van der Waals surface area contributed by atoms with Crippen LogP contribution in [-0.2, 0) is 12.8 Å². The molecular weight excluding hydrogens is 384 g/mol. The summed E-state index contributed by atoms with van der Waals surface area (Å²) >= 11 is 1.81. The highest BCUT2D eigenvalue weighted by molar-refractivity contribution is 7.20. The summed E-state index contributed by atoms with van der Waals surface area (Å²) < 4.78 is 2.22. The van der Waals surface area contributed by atoms with E-state index in [9.17, 15) is 0 Å². The van der Waals surface area contributed by atoms with E-state index in [1.165, 1.54) is 105 Å². The topological polar surface area (TPSA) is 17.3 Å². The molecule has 0 atom stereocenters. The van der Waals surface area contributed by atoms with Crippen LogP contribution in [0.3, 0.4) is 0 Å². The van der Waals surface area contributed by atoms with Gasteiger partial charge in [-0.25, -0.2) is 4.98 Å². The summed E-state index contributed by atoms with van der Waals surface area (Å²) in [6.07, 6.45) is 23.1. The zero-order chi connectivity index (χ0) is 21.0. The molecule has 0 aliphatic heterocycles. The predicted octanol–water partition coefficient (Wildman–Crippen LogP) is 8.87. The molecule has 0 saturated carbocycles. The van der Waals surface area contributed by atoms with Crippen molar-refractivity contribution in [2.24, 2.45) is 0 Å². The molecule has 0 radical (unpaired) electrons. The lowest BCUT2D eigenvalue weighted by Gasteiger charge is -2.03. The monoisotopic (exact) mass is 424 g/mol. The highest BCUT2D eigenvalue weighted by atomic mass is 32.1. The molecule has 3 heteroatoms. The minimum Gasteiger partial charge on any atom is -0.297 e. The first-order valence-corrected chi connectivity index (χ1v) is 13.2. The molecule has 1 aromatic carbocycles. The molecule has 2 heterocycles. The molecule has 0 spiro atoms. The molecule has 2 aromatic heterocycles. The van der Waals surface area contributed by atoms with Crippen molar-refractivity contribution in [3.8, 4) is 10.4 Å². The number of thiazole rings is 1. The van der Waals surface area contributed by atoms with E-state index < -0.39 is 0 Å². The first-order valence-electron chi connectivity index (χ1n) is 12.4. The van der Waals surface area contributed by atoms with Crippen LogP contribution in [0.5, 0.6) is 0 Å². The van der Waals surface area contributed by atoms with Gasteiger partial charge in [0.1, 0.15) is 0 Å². The minimum absolute atomic E-state index is 1.12. The van der Waals surface area contributed by atoms with Crippen LogP contribution in [0, 0.1) is 0 Å². The molecule has 2 nitrogen and oxygen atoms in total. The molecule has 164 valence electrons. The third-order valence-electron chi connectivity index (χ3n) is 6.05. The summed E-state index contributed by atoms with van der Waals surface area (Å²) in [5.41, 5.74) is 4.03. The van der Waals surface area contributed by atoms with Crippen molar-refractivity contribution < 1.29 is 0 Å². The number of rotatable bonds is 15. The number of aromatic nitrogens is 2. The van der Waals surface area contributed by atoms with Crippen LogP contribution < -0.4 is 0 Å². The van der Waals surface area contributed by atoms with Gasteiger partial charge in [0.05, 0.1) is 10.6 Å². The van der Waals surface area contributed by atoms with E-state index in [0.717, 1.165) is 11.4 Å². The van der Waals surface area contributed by atoms with E-state index in [0.29, 0.717) is 0 Å². The van der Waals surface area contributed by atoms with Gasteiger partial charge in [0.25, 0.3) is 0 Å². The number of hydrogen-bond acceptors (Lipinski definition) is 2. The fourth-order valence-electron chi connectivity index (χ4n) is 4.13. The van der Waals surface area contributed by atoms with Crippen LogP contribution in [0.2, 0.25) is 0 Å². The van der Waals surface area contributed by atoms with Gasteiger partial charge in [0.2, 0.25) is 0 Å². The van der Waals surface area contributed by atoms with E-state index in [1.807, 2.05) is 11.3 Å². The summed E-state index contributed by atoms with van der Waals surface area (Å²) in [6, 6.07) is 9.19. The molecule has 0 saturated heterocycles. The standard InChI is InChI=1S/C27H40N2S/c1-3-5-7-9-10-12-14-16-25-21-29-22-26(30-27(29)28-25)24-19-17-23(18-20-24)15-13-11-8-6-4-2/h17-22H,3-16H2,1-2H3. The average Bonchev–Trinajstić information content (AvgIpc) is 3.32. The second-order valence-electron chi connectivity index (χ2n) is 8.75. The van der Waals surface area contributed by atoms with Crippen LogP contribution >= 0.6 is 11.3 Å². The Morgan fingerprint density at radius 3 is 1.93 bits per heavy atom. The maximum absolute atomic E-state index is 4.87. The number of aryl methyl sites for hydroxylation is 2. The molecule has 0 aliphatic carbocycles. The van der Waals surface area contributed by atoms with Crippen molar-refractivity contribution in [1.82, 2.24) is 9.38 Å². The van der Waals surface area contributed by atoms with Crippen molar-refractivity contribution in [2.75, 3.05) is 0 Å². The molecule has 0 N–H and O–H groups in total. The molecule has 0 aliphatic rings. The van der Waals surface area contributed by atoms with Gasteiger partial charge in [-0.1, -0.05) is 114 Å². The number of nitrogens with zero attached hydrogens (tertiary/aromatic N) is 2. The van der Waals surface area contributed by atoms with Crippen LogP contribution in [0.1, 0.15) is 102 Å². The summed E-state index contributed by atoms with van der Waals surface area (Å²) in [5.74, 6) is 0. The Morgan fingerprint density at radius 2 is 1.30 bits per heavy atom. The minimum atomic E-state index is 1.12. The lowest BCUT2D eigenvalue weighted by Crippen LogP contribution is -1.87. The van der Waals surface area contributed by atoms with Crippen molar-refractivity contribution >= 4 is 16.3 Å². The van der Waals surface area contributed by atoms with E-state index in [2.05, 4.69) is 54.9 Å². The largest absolute Gasteiger partial charge is 0.297 e. The number of imidazole rings is 1. The first-order chi connectivity index (χ1) is 14.8. The Balaban J connectivity index is 1.45. The maximum Gasteiger partial charge on any atom is 0.194 e. The van der Waals surface area contributed by atoms with Gasteiger partial charge in [0, 0.05) is 12.4 Å². The second kappa shape index (κ2) is 12.9. The van der Waals surface area contributed by atoms with Crippen LogP contribution in [0.4, 0.5) is 0 Å². The SMILES string of the molecule is CCCCCCCCCc1cn2cc(-c3ccc(CCCCCCC)cc3)sc2n1. The van der Waals surface area contributed by atoms with E-state index in [4.69, 9.17) is 4.98 Å². The van der Waals surface area contributed by atoms with Crippen LogP contribution in [0.25, 0.3) is 15.4 Å².